The Labute approximate surface area is 183 Å². The van der Waals surface area contributed by atoms with Crippen LogP contribution in [0.1, 0.15) is 37.5 Å². The highest BCUT2D eigenvalue weighted by molar-refractivity contribution is 7.99. The van der Waals surface area contributed by atoms with E-state index in [-0.39, 0.29) is 17.9 Å². The van der Waals surface area contributed by atoms with Crippen molar-refractivity contribution >= 4 is 35.2 Å². The van der Waals surface area contributed by atoms with Gasteiger partial charge in [0.2, 0.25) is 11.8 Å². The monoisotopic (exact) mass is 432 g/mol. The molecule has 6 heteroatoms. The largest absolute Gasteiger partial charge is 0.352 e. The van der Waals surface area contributed by atoms with E-state index in [0.29, 0.717) is 17.3 Å². The number of benzene rings is 2. The number of nitrogens with zero attached hydrogens (tertiary/aromatic N) is 1. The van der Waals surface area contributed by atoms with Gasteiger partial charge < -0.3 is 10.2 Å². The van der Waals surface area contributed by atoms with Crippen LogP contribution in [-0.2, 0) is 21.9 Å². The summed E-state index contributed by atoms with van der Waals surface area (Å²) in [7, 11) is 0. The van der Waals surface area contributed by atoms with Crippen LogP contribution in [0.2, 0.25) is 5.02 Å². The van der Waals surface area contributed by atoms with Crippen molar-refractivity contribution in [2.45, 2.75) is 52.1 Å². The van der Waals surface area contributed by atoms with Gasteiger partial charge >= 0.3 is 0 Å². The van der Waals surface area contributed by atoms with Gasteiger partial charge in [0, 0.05) is 23.4 Å². The first-order valence-electron chi connectivity index (χ1n) is 9.74. The van der Waals surface area contributed by atoms with Crippen LogP contribution in [0.15, 0.2) is 48.5 Å². The molecule has 0 bridgehead atoms. The van der Waals surface area contributed by atoms with Gasteiger partial charge in [0.15, 0.2) is 0 Å². The van der Waals surface area contributed by atoms with E-state index in [1.54, 1.807) is 35.7 Å². The smallest absolute Gasteiger partial charge is 0.242 e. The highest BCUT2D eigenvalue weighted by Crippen LogP contribution is 2.17. The van der Waals surface area contributed by atoms with E-state index in [1.807, 2.05) is 26.0 Å². The zero-order valence-electron chi connectivity index (χ0n) is 17.4. The minimum Gasteiger partial charge on any atom is -0.352 e. The third-order valence-corrected chi connectivity index (χ3v) is 5.72. The summed E-state index contributed by atoms with van der Waals surface area (Å²) in [5.74, 6) is 0.878. The van der Waals surface area contributed by atoms with Crippen molar-refractivity contribution in [1.82, 2.24) is 10.2 Å². The highest BCUT2D eigenvalue weighted by Gasteiger charge is 2.26. The summed E-state index contributed by atoms with van der Waals surface area (Å²) >= 11 is 7.53. The van der Waals surface area contributed by atoms with Crippen LogP contribution in [0.4, 0.5) is 0 Å². The van der Waals surface area contributed by atoms with Crippen LogP contribution < -0.4 is 5.32 Å². The van der Waals surface area contributed by atoms with E-state index < -0.39 is 6.04 Å². The molecule has 0 saturated carbocycles. The van der Waals surface area contributed by atoms with Gasteiger partial charge in [-0.1, -0.05) is 53.6 Å². The summed E-state index contributed by atoms with van der Waals surface area (Å²) in [6.45, 7) is 8.02. The summed E-state index contributed by atoms with van der Waals surface area (Å²) in [5.41, 5.74) is 3.34. The molecule has 2 amide bonds. The van der Waals surface area contributed by atoms with Gasteiger partial charge in [-0.25, -0.2) is 0 Å². The van der Waals surface area contributed by atoms with Gasteiger partial charge in [0.25, 0.3) is 0 Å². The Morgan fingerprint density at radius 1 is 1.00 bits per heavy atom. The number of aryl methyl sites for hydroxylation is 1. The lowest BCUT2D eigenvalue weighted by Gasteiger charge is -2.29. The van der Waals surface area contributed by atoms with Crippen LogP contribution >= 0.6 is 23.4 Å². The lowest BCUT2D eigenvalue weighted by atomic mass is 10.1. The van der Waals surface area contributed by atoms with Crippen molar-refractivity contribution in [3.05, 3.63) is 70.2 Å². The minimum absolute atomic E-state index is 0.0216. The van der Waals surface area contributed by atoms with Crippen molar-refractivity contribution in [1.29, 1.82) is 0 Å². The molecule has 0 aliphatic heterocycles. The first-order chi connectivity index (χ1) is 13.8. The Bertz CT molecular complexity index is 807. The quantitative estimate of drug-likeness (QED) is 0.617. The molecule has 156 valence electrons. The van der Waals surface area contributed by atoms with Crippen molar-refractivity contribution in [2.24, 2.45) is 0 Å². The molecular formula is C23H29ClN2O2S. The summed E-state index contributed by atoms with van der Waals surface area (Å²) in [4.78, 5) is 27.2. The molecule has 0 saturated heterocycles. The molecule has 2 aromatic carbocycles. The van der Waals surface area contributed by atoms with E-state index in [4.69, 9.17) is 11.6 Å². The van der Waals surface area contributed by atoms with E-state index in [1.165, 1.54) is 11.1 Å². The molecule has 0 aliphatic carbocycles. The number of halogens is 1. The van der Waals surface area contributed by atoms with Crippen LogP contribution in [0.5, 0.6) is 0 Å². The van der Waals surface area contributed by atoms with Gasteiger partial charge in [0.05, 0.1) is 5.75 Å². The fourth-order valence-electron chi connectivity index (χ4n) is 2.80. The second kappa shape index (κ2) is 11.3. The zero-order valence-corrected chi connectivity index (χ0v) is 19.0. The molecule has 2 rings (SSSR count). The third kappa shape index (κ3) is 7.75. The van der Waals surface area contributed by atoms with Crippen molar-refractivity contribution in [3.8, 4) is 0 Å². The average molecular weight is 433 g/mol. The van der Waals surface area contributed by atoms with E-state index >= 15 is 0 Å². The molecule has 0 heterocycles. The predicted molar refractivity (Wildman–Crippen MR) is 122 cm³/mol. The molecule has 4 nitrogen and oxygen atoms in total. The van der Waals surface area contributed by atoms with Crippen LogP contribution in [0.3, 0.4) is 0 Å². The molecule has 1 atom stereocenters. The van der Waals surface area contributed by atoms with Crippen molar-refractivity contribution < 1.29 is 9.59 Å². The van der Waals surface area contributed by atoms with Gasteiger partial charge in [-0.05, 0) is 51.0 Å². The number of nitrogens with one attached hydrogen (secondary N) is 1. The molecule has 1 unspecified atom stereocenters. The van der Waals surface area contributed by atoms with E-state index in [0.717, 1.165) is 11.3 Å². The Morgan fingerprint density at radius 2 is 1.59 bits per heavy atom. The topological polar surface area (TPSA) is 49.4 Å². The molecule has 0 spiro atoms. The number of carbonyl (C=O) groups excluding carboxylic acids is 2. The van der Waals surface area contributed by atoms with Crippen LogP contribution in [0, 0.1) is 6.92 Å². The number of hydrogen-bond donors (Lipinski definition) is 1. The first kappa shape index (κ1) is 23.3. The number of hydrogen-bond acceptors (Lipinski definition) is 3. The maximum Gasteiger partial charge on any atom is 0.242 e. The molecule has 0 aromatic heterocycles. The predicted octanol–water partition coefficient (Wildman–Crippen LogP) is 4.82. The molecule has 2 aromatic rings. The number of rotatable bonds is 9. The molecule has 0 fully saturated rings. The fraction of sp³-hybridized carbons (Fsp3) is 0.391. The molecule has 0 aliphatic rings. The summed E-state index contributed by atoms with van der Waals surface area (Å²) in [6, 6.07) is 15.1. The summed E-state index contributed by atoms with van der Waals surface area (Å²) < 4.78 is 0. The minimum atomic E-state index is -0.555. The van der Waals surface area contributed by atoms with Crippen LogP contribution in [-0.4, -0.2) is 34.6 Å². The standard InChI is InChI=1S/C23H29ClN2O2S/c1-16(2)25-23(28)18(4)26(13-19-9-11-21(24)12-10-19)22(27)15-29-14-20-7-5-17(3)6-8-20/h5-12,16,18H,13-15H2,1-4H3,(H,25,28). The fourth-order valence-corrected chi connectivity index (χ4v) is 3.79. The van der Waals surface area contributed by atoms with E-state index in [9.17, 15) is 9.59 Å². The average Bonchev–Trinajstić information content (AvgIpc) is 2.68. The number of amides is 2. The first-order valence-corrected chi connectivity index (χ1v) is 11.3. The highest BCUT2D eigenvalue weighted by atomic mass is 35.5. The van der Waals surface area contributed by atoms with Crippen LogP contribution in [0.25, 0.3) is 0 Å². The Kier molecular flexibility index (Phi) is 9.05. The normalized spacial score (nSPS) is 11.9. The summed E-state index contributed by atoms with van der Waals surface area (Å²) in [5, 5.41) is 3.54. The molecule has 29 heavy (non-hydrogen) atoms. The maximum absolute atomic E-state index is 13.0. The zero-order chi connectivity index (χ0) is 21.4. The Hall–Kier alpha value is -1.98. The van der Waals surface area contributed by atoms with E-state index in [2.05, 4.69) is 36.5 Å². The Balaban J connectivity index is 2.05. The van der Waals surface area contributed by atoms with Crippen molar-refractivity contribution in [3.63, 3.8) is 0 Å². The molecule has 1 N–H and O–H groups in total. The lowest BCUT2D eigenvalue weighted by Crippen LogP contribution is -2.49. The van der Waals surface area contributed by atoms with Gasteiger partial charge in [0.1, 0.15) is 6.04 Å². The number of thioether (sulfide) groups is 1. The Morgan fingerprint density at radius 3 is 2.17 bits per heavy atom. The SMILES string of the molecule is Cc1ccc(CSCC(=O)N(Cc2ccc(Cl)cc2)C(C)C(=O)NC(C)C)cc1. The molecule has 0 radical (unpaired) electrons. The molecular weight excluding hydrogens is 404 g/mol. The van der Waals surface area contributed by atoms with Crippen molar-refractivity contribution in [2.75, 3.05) is 5.75 Å². The lowest BCUT2D eigenvalue weighted by molar-refractivity contribution is -0.138. The second-order valence-corrected chi connectivity index (χ2v) is 8.89. The second-order valence-electron chi connectivity index (χ2n) is 7.47. The van der Waals surface area contributed by atoms with Gasteiger partial charge in [-0.15, -0.1) is 11.8 Å². The third-order valence-electron chi connectivity index (χ3n) is 4.48. The van der Waals surface area contributed by atoms with Gasteiger partial charge in [-0.2, -0.15) is 0 Å². The van der Waals surface area contributed by atoms with Gasteiger partial charge in [-0.3, -0.25) is 9.59 Å². The maximum atomic E-state index is 13.0. The number of carbonyl (C=O) groups is 2. The summed E-state index contributed by atoms with van der Waals surface area (Å²) in [6.07, 6.45) is 0.